The Hall–Kier alpha value is -0.180. The first kappa shape index (κ1) is 11.3. The lowest BCUT2D eigenvalue weighted by Gasteiger charge is -2.21. The van der Waals surface area contributed by atoms with E-state index in [1.807, 2.05) is 11.8 Å². The van der Waals surface area contributed by atoms with Gasteiger partial charge in [0, 0.05) is 5.75 Å². The smallest absolute Gasteiger partial charge is 0.307 e. The van der Waals surface area contributed by atoms with Gasteiger partial charge in [-0.1, -0.05) is 13.3 Å². The number of fused-ring (bicyclic) bond motifs is 2. The molecule has 2 bridgehead atoms. The van der Waals surface area contributed by atoms with Gasteiger partial charge in [-0.2, -0.15) is 11.8 Å². The van der Waals surface area contributed by atoms with Crippen LogP contribution in [0.2, 0.25) is 0 Å². The van der Waals surface area contributed by atoms with Gasteiger partial charge < -0.3 is 5.11 Å². The van der Waals surface area contributed by atoms with Gasteiger partial charge in [-0.15, -0.1) is 0 Å². The Labute approximate surface area is 95.8 Å². The summed E-state index contributed by atoms with van der Waals surface area (Å²) >= 11 is 1.85. The maximum absolute atomic E-state index is 10.6. The van der Waals surface area contributed by atoms with E-state index in [1.54, 1.807) is 6.92 Å². The Morgan fingerprint density at radius 1 is 1.47 bits per heavy atom. The van der Waals surface area contributed by atoms with Crippen LogP contribution in [-0.2, 0) is 4.79 Å². The fourth-order valence-electron chi connectivity index (χ4n) is 3.05. The van der Waals surface area contributed by atoms with E-state index in [2.05, 4.69) is 0 Å². The van der Waals surface area contributed by atoms with Crippen LogP contribution in [0.4, 0.5) is 0 Å². The minimum atomic E-state index is -0.657. The van der Waals surface area contributed by atoms with Crippen molar-refractivity contribution in [2.45, 2.75) is 32.6 Å². The van der Waals surface area contributed by atoms with Crippen molar-refractivity contribution in [1.82, 2.24) is 0 Å². The number of hydrogen-bond donors (Lipinski definition) is 1. The molecule has 2 saturated carbocycles. The Kier molecular flexibility index (Phi) is 3.60. The van der Waals surface area contributed by atoms with E-state index < -0.39 is 5.97 Å². The maximum atomic E-state index is 10.6. The SMILES string of the molecule is CC(CSCC1CC2CCC1C2)C(=O)O. The molecular weight excluding hydrogens is 208 g/mol. The summed E-state index contributed by atoms with van der Waals surface area (Å²) < 4.78 is 0. The van der Waals surface area contributed by atoms with Crippen LogP contribution in [0.3, 0.4) is 0 Å². The maximum Gasteiger partial charge on any atom is 0.307 e. The summed E-state index contributed by atoms with van der Waals surface area (Å²) in [6.07, 6.45) is 5.76. The molecule has 4 unspecified atom stereocenters. The van der Waals surface area contributed by atoms with Crippen LogP contribution in [0.5, 0.6) is 0 Å². The molecule has 0 aromatic rings. The van der Waals surface area contributed by atoms with E-state index in [-0.39, 0.29) is 5.92 Å². The molecule has 1 N–H and O–H groups in total. The topological polar surface area (TPSA) is 37.3 Å². The summed E-state index contributed by atoms with van der Waals surface area (Å²) in [5, 5.41) is 8.77. The highest BCUT2D eigenvalue weighted by Crippen LogP contribution is 2.49. The van der Waals surface area contributed by atoms with E-state index >= 15 is 0 Å². The van der Waals surface area contributed by atoms with E-state index in [0.717, 1.165) is 23.5 Å². The molecule has 0 heterocycles. The first-order chi connectivity index (χ1) is 7.16. The van der Waals surface area contributed by atoms with Crippen LogP contribution in [0, 0.1) is 23.7 Å². The zero-order chi connectivity index (χ0) is 10.8. The Bertz CT molecular complexity index is 242. The quantitative estimate of drug-likeness (QED) is 0.786. The molecule has 15 heavy (non-hydrogen) atoms. The van der Waals surface area contributed by atoms with E-state index in [1.165, 1.54) is 31.4 Å². The predicted molar refractivity (Wildman–Crippen MR) is 63.1 cm³/mol. The molecule has 0 spiro atoms. The van der Waals surface area contributed by atoms with Crippen LogP contribution in [0.15, 0.2) is 0 Å². The number of thioether (sulfide) groups is 1. The average molecular weight is 228 g/mol. The third kappa shape index (κ3) is 2.68. The third-order valence-electron chi connectivity index (χ3n) is 4.01. The van der Waals surface area contributed by atoms with Crippen LogP contribution >= 0.6 is 11.8 Å². The Balaban J connectivity index is 1.64. The molecule has 4 atom stereocenters. The lowest BCUT2D eigenvalue weighted by Crippen LogP contribution is -2.16. The molecule has 2 aliphatic carbocycles. The van der Waals surface area contributed by atoms with Crippen molar-refractivity contribution in [2.75, 3.05) is 11.5 Å². The second-order valence-corrected chi connectivity index (χ2v) is 6.29. The highest BCUT2D eigenvalue weighted by molar-refractivity contribution is 7.99. The molecule has 0 saturated heterocycles. The van der Waals surface area contributed by atoms with Gasteiger partial charge in [0.25, 0.3) is 0 Å². The zero-order valence-corrected chi connectivity index (χ0v) is 10.1. The van der Waals surface area contributed by atoms with Crippen molar-refractivity contribution in [3.8, 4) is 0 Å². The summed E-state index contributed by atoms with van der Waals surface area (Å²) in [4.78, 5) is 10.6. The highest BCUT2D eigenvalue weighted by atomic mass is 32.2. The minimum absolute atomic E-state index is 0.186. The molecule has 2 nitrogen and oxygen atoms in total. The summed E-state index contributed by atoms with van der Waals surface area (Å²) in [7, 11) is 0. The zero-order valence-electron chi connectivity index (χ0n) is 9.32. The fraction of sp³-hybridized carbons (Fsp3) is 0.917. The number of hydrogen-bond acceptors (Lipinski definition) is 2. The van der Waals surface area contributed by atoms with Crippen molar-refractivity contribution in [3.05, 3.63) is 0 Å². The number of rotatable bonds is 5. The van der Waals surface area contributed by atoms with Crippen molar-refractivity contribution in [1.29, 1.82) is 0 Å². The molecular formula is C12H20O2S. The van der Waals surface area contributed by atoms with Gasteiger partial charge in [-0.25, -0.2) is 0 Å². The van der Waals surface area contributed by atoms with E-state index in [4.69, 9.17) is 5.11 Å². The number of carboxylic acid groups (broad SMARTS) is 1. The molecule has 3 heteroatoms. The van der Waals surface area contributed by atoms with Gasteiger partial charge in [0.2, 0.25) is 0 Å². The molecule has 0 amide bonds. The molecule has 0 radical (unpaired) electrons. The standard InChI is InChI=1S/C12H20O2S/c1-8(12(13)14)6-15-7-11-5-9-2-3-10(11)4-9/h8-11H,2-7H2,1H3,(H,13,14). The average Bonchev–Trinajstić information content (AvgIpc) is 2.78. The van der Waals surface area contributed by atoms with Crippen LogP contribution < -0.4 is 0 Å². The van der Waals surface area contributed by atoms with E-state index in [9.17, 15) is 4.79 Å². The second-order valence-electron chi connectivity index (χ2n) is 5.21. The second kappa shape index (κ2) is 4.77. The van der Waals surface area contributed by atoms with Crippen LogP contribution in [-0.4, -0.2) is 22.6 Å². The van der Waals surface area contributed by atoms with Gasteiger partial charge >= 0.3 is 5.97 Å². The van der Waals surface area contributed by atoms with Gasteiger partial charge in [0.05, 0.1) is 5.92 Å². The monoisotopic (exact) mass is 228 g/mol. The first-order valence-electron chi connectivity index (χ1n) is 5.97. The summed E-state index contributed by atoms with van der Waals surface area (Å²) in [6, 6.07) is 0. The molecule has 0 aromatic carbocycles. The summed E-state index contributed by atoms with van der Waals surface area (Å²) in [5.74, 6) is 4.01. The summed E-state index contributed by atoms with van der Waals surface area (Å²) in [5.41, 5.74) is 0. The van der Waals surface area contributed by atoms with Gasteiger partial charge in [0.1, 0.15) is 0 Å². The molecule has 0 aliphatic heterocycles. The largest absolute Gasteiger partial charge is 0.481 e. The highest BCUT2D eigenvalue weighted by Gasteiger charge is 2.39. The van der Waals surface area contributed by atoms with Gasteiger partial charge in [-0.05, 0) is 42.8 Å². The lowest BCUT2D eigenvalue weighted by molar-refractivity contribution is -0.140. The molecule has 0 aromatic heterocycles. The van der Waals surface area contributed by atoms with Crippen molar-refractivity contribution in [3.63, 3.8) is 0 Å². The first-order valence-corrected chi connectivity index (χ1v) is 7.13. The molecule has 2 rings (SSSR count). The van der Waals surface area contributed by atoms with Crippen molar-refractivity contribution in [2.24, 2.45) is 23.7 Å². The molecule has 2 aliphatic rings. The molecule has 2 fully saturated rings. The number of aliphatic carboxylic acids is 1. The number of carboxylic acids is 1. The third-order valence-corrected chi connectivity index (χ3v) is 5.41. The fourth-order valence-corrected chi connectivity index (χ4v) is 4.39. The molecule has 86 valence electrons. The van der Waals surface area contributed by atoms with Gasteiger partial charge in [0.15, 0.2) is 0 Å². The van der Waals surface area contributed by atoms with Crippen molar-refractivity contribution >= 4 is 17.7 Å². The van der Waals surface area contributed by atoms with Crippen molar-refractivity contribution < 1.29 is 9.90 Å². The van der Waals surface area contributed by atoms with Crippen LogP contribution in [0.25, 0.3) is 0 Å². The minimum Gasteiger partial charge on any atom is -0.481 e. The Morgan fingerprint density at radius 2 is 2.27 bits per heavy atom. The van der Waals surface area contributed by atoms with E-state index in [0.29, 0.717) is 0 Å². The summed E-state index contributed by atoms with van der Waals surface area (Å²) in [6.45, 7) is 1.80. The Morgan fingerprint density at radius 3 is 2.80 bits per heavy atom. The number of carbonyl (C=O) groups is 1. The van der Waals surface area contributed by atoms with Crippen LogP contribution in [0.1, 0.15) is 32.6 Å². The lowest BCUT2D eigenvalue weighted by atomic mass is 9.90. The normalized spacial score (nSPS) is 35.7. The van der Waals surface area contributed by atoms with Gasteiger partial charge in [-0.3, -0.25) is 4.79 Å². The predicted octanol–water partition coefficient (Wildman–Crippen LogP) is 2.88.